The summed E-state index contributed by atoms with van der Waals surface area (Å²) in [5.74, 6) is 2.43. The Hall–Kier alpha value is -2.36. The highest BCUT2D eigenvalue weighted by atomic mass is 16.4. The third-order valence-electron chi connectivity index (χ3n) is 3.39. The largest absolute Gasteiger partial charge is 0.444 e. The third-order valence-corrected chi connectivity index (χ3v) is 3.39. The molecule has 0 spiro atoms. The van der Waals surface area contributed by atoms with Crippen LogP contribution in [-0.4, -0.2) is 9.97 Å². The number of fused-ring (bicyclic) bond motifs is 1. The molecular weight excluding hydrogens is 250 g/mol. The minimum absolute atomic E-state index is 0.543. The van der Waals surface area contributed by atoms with Crippen LogP contribution in [0.15, 0.2) is 34.7 Å². The molecule has 3 rings (SSSR count). The van der Waals surface area contributed by atoms with Gasteiger partial charge in [-0.3, -0.25) is 0 Å². The minimum Gasteiger partial charge on any atom is -0.444 e. The van der Waals surface area contributed by atoms with Crippen LogP contribution in [0.3, 0.4) is 0 Å². The van der Waals surface area contributed by atoms with Crippen molar-refractivity contribution in [3.8, 4) is 0 Å². The smallest absolute Gasteiger partial charge is 0.213 e. The van der Waals surface area contributed by atoms with Crippen molar-refractivity contribution in [1.29, 1.82) is 0 Å². The number of hydrogen-bond acceptors (Lipinski definition) is 4. The zero-order valence-corrected chi connectivity index (χ0v) is 11.9. The Labute approximate surface area is 117 Å². The number of benzene rings is 1. The zero-order chi connectivity index (χ0) is 14.1. The number of nitrogens with zero attached hydrogens (tertiary/aromatic N) is 2. The maximum atomic E-state index is 5.56. The van der Waals surface area contributed by atoms with Crippen LogP contribution in [0.25, 0.3) is 10.9 Å². The van der Waals surface area contributed by atoms with Gasteiger partial charge in [-0.2, -0.15) is 0 Å². The Morgan fingerprint density at radius 1 is 1.10 bits per heavy atom. The predicted octanol–water partition coefficient (Wildman–Crippen LogP) is 3.76. The molecule has 4 heteroatoms. The molecule has 0 amide bonds. The molecule has 0 unspecified atom stereocenters. The van der Waals surface area contributed by atoms with Gasteiger partial charge in [-0.05, 0) is 38.5 Å². The van der Waals surface area contributed by atoms with Crippen LogP contribution in [0.2, 0.25) is 0 Å². The Bertz CT molecular complexity index is 742. The normalized spacial score (nSPS) is 10.9. The van der Waals surface area contributed by atoms with Gasteiger partial charge in [0.1, 0.15) is 11.6 Å². The first-order valence-electron chi connectivity index (χ1n) is 6.66. The summed E-state index contributed by atoms with van der Waals surface area (Å²) in [5.41, 5.74) is 3.04. The van der Waals surface area contributed by atoms with E-state index in [9.17, 15) is 0 Å². The molecule has 2 heterocycles. The average Bonchev–Trinajstić information content (AvgIpc) is 2.75. The highest BCUT2D eigenvalue weighted by molar-refractivity contribution is 5.81. The number of hydrogen-bond donors (Lipinski definition) is 1. The molecule has 1 aromatic carbocycles. The number of oxazole rings is 1. The Morgan fingerprint density at radius 3 is 2.65 bits per heavy atom. The first-order valence-corrected chi connectivity index (χ1v) is 6.66. The second-order valence-electron chi connectivity index (χ2n) is 4.95. The van der Waals surface area contributed by atoms with E-state index < -0.39 is 0 Å². The molecule has 0 aliphatic carbocycles. The highest BCUT2D eigenvalue weighted by Gasteiger charge is 2.07. The van der Waals surface area contributed by atoms with Gasteiger partial charge in [-0.1, -0.05) is 18.2 Å². The fourth-order valence-corrected chi connectivity index (χ4v) is 2.17. The van der Waals surface area contributed by atoms with E-state index in [1.54, 1.807) is 0 Å². The fraction of sp³-hybridized carbons (Fsp3) is 0.250. The number of rotatable bonds is 3. The molecule has 0 atom stereocenters. The van der Waals surface area contributed by atoms with E-state index in [-0.39, 0.29) is 0 Å². The summed E-state index contributed by atoms with van der Waals surface area (Å²) < 4.78 is 5.56. The summed E-state index contributed by atoms with van der Waals surface area (Å²) in [7, 11) is 0. The average molecular weight is 267 g/mol. The molecule has 0 aliphatic heterocycles. The van der Waals surface area contributed by atoms with Crippen LogP contribution in [0.4, 0.5) is 5.82 Å². The minimum atomic E-state index is 0.543. The molecule has 0 saturated heterocycles. The molecule has 1 N–H and O–H groups in total. The monoisotopic (exact) mass is 267 g/mol. The van der Waals surface area contributed by atoms with Crippen molar-refractivity contribution < 1.29 is 4.42 Å². The number of anilines is 1. The Kier molecular flexibility index (Phi) is 3.14. The van der Waals surface area contributed by atoms with Crippen molar-refractivity contribution in [2.45, 2.75) is 27.3 Å². The topological polar surface area (TPSA) is 51.0 Å². The second-order valence-corrected chi connectivity index (χ2v) is 4.95. The number of aromatic nitrogens is 2. The van der Waals surface area contributed by atoms with Crippen LogP contribution in [0.5, 0.6) is 0 Å². The van der Waals surface area contributed by atoms with E-state index in [0.29, 0.717) is 12.4 Å². The lowest BCUT2D eigenvalue weighted by molar-refractivity contribution is 0.478. The molecular formula is C16H17N3O. The first-order chi connectivity index (χ1) is 9.63. The van der Waals surface area contributed by atoms with Crippen molar-refractivity contribution in [3.63, 3.8) is 0 Å². The van der Waals surface area contributed by atoms with Crippen molar-refractivity contribution in [2.24, 2.45) is 0 Å². The second kappa shape index (κ2) is 4.96. The van der Waals surface area contributed by atoms with Crippen LogP contribution >= 0.6 is 0 Å². The molecule has 102 valence electrons. The lowest BCUT2D eigenvalue weighted by Gasteiger charge is -2.08. The molecule has 0 radical (unpaired) electrons. The van der Waals surface area contributed by atoms with Gasteiger partial charge in [0, 0.05) is 5.39 Å². The van der Waals surface area contributed by atoms with E-state index in [0.717, 1.165) is 33.7 Å². The molecule has 0 saturated carbocycles. The summed E-state index contributed by atoms with van der Waals surface area (Å²) in [4.78, 5) is 9.00. The maximum absolute atomic E-state index is 5.56. The number of para-hydroxylation sites is 1. The summed E-state index contributed by atoms with van der Waals surface area (Å²) in [6, 6.07) is 10.2. The SMILES string of the molecule is Cc1cc2ccccc2nc1NCc1nc(C)c(C)o1. The molecule has 0 fully saturated rings. The standard InChI is InChI=1S/C16H17N3O/c1-10-8-13-6-4-5-7-14(13)19-16(10)17-9-15-18-11(2)12(3)20-15/h4-8H,9H2,1-3H3,(H,17,19). The van der Waals surface area contributed by atoms with E-state index in [1.807, 2.05) is 39.0 Å². The van der Waals surface area contributed by atoms with Gasteiger partial charge in [0.05, 0.1) is 17.8 Å². The van der Waals surface area contributed by atoms with Crippen LogP contribution < -0.4 is 5.32 Å². The number of pyridine rings is 1. The predicted molar refractivity (Wildman–Crippen MR) is 79.8 cm³/mol. The van der Waals surface area contributed by atoms with Crippen molar-refractivity contribution >= 4 is 16.7 Å². The zero-order valence-electron chi connectivity index (χ0n) is 11.9. The van der Waals surface area contributed by atoms with Gasteiger partial charge in [-0.25, -0.2) is 9.97 Å². The van der Waals surface area contributed by atoms with Gasteiger partial charge in [0.15, 0.2) is 0 Å². The van der Waals surface area contributed by atoms with E-state index in [2.05, 4.69) is 27.4 Å². The van der Waals surface area contributed by atoms with Crippen LogP contribution in [-0.2, 0) is 6.54 Å². The molecule has 0 bridgehead atoms. The van der Waals surface area contributed by atoms with Crippen molar-refractivity contribution in [2.75, 3.05) is 5.32 Å². The molecule has 4 nitrogen and oxygen atoms in total. The van der Waals surface area contributed by atoms with E-state index in [1.165, 1.54) is 0 Å². The fourth-order valence-electron chi connectivity index (χ4n) is 2.17. The quantitative estimate of drug-likeness (QED) is 0.785. The highest BCUT2D eigenvalue weighted by Crippen LogP contribution is 2.20. The Morgan fingerprint density at radius 2 is 1.90 bits per heavy atom. The number of aryl methyl sites for hydroxylation is 3. The summed E-state index contributed by atoms with van der Waals surface area (Å²) >= 11 is 0. The lowest BCUT2D eigenvalue weighted by atomic mass is 10.1. The van der Waals surface area contributed by atoms with E-state index >= 15 is 0 Å². The van der Waals surface area contributed by atoms with Crippen LogP contribution in [0, 0.1) is 20.8 Å². The van der Waals surface area contributed by atoms with Gasteiger partial charge in [-0.15, -0.1) is 0 Å². The van der Waals surface area contributed by atoms with Crippen LogP contribution in [0.1, 0.15) is 22.9 Å². The van der Waals surface area contributed by atoms with Gasteiger partial charge in [0.25, 0.3) is 0 Å². The lowest BCUT2D eigenvalue weighted by Crippen LogP contribution is -2.03. The summed E-state index contributed by atoms with van der Waals surface area (Å²) in [5, 5.41) is 4.45. The molecule has 20 heavy (non-hydrogen) atoms. The Balaban J connectivity index is 1.85. The van der Waals surface area contributed by atoms with Crippen molar-refractivity contribution in [3.05, 3.63) is 53.2 Å². The van der Waals surface area contributed by atoms with Gasteiger partial charge < -0.3 is 9.73 Å². The van der Waals surface area contributed by atoms with E-state index in [4.69, 9.17) is 4.42 Å². The summed E-state index contributed by atoms with van der Waals surface area (Å²) in [6.07, 6.45) is 0. The summed E-state index contributed by atoms with van der Waals surface area (Å²) in [6.45, 7) is 6.46. The third kappa shape index (κ3) is 2.37. The molecule has 2 aromatic heterocycles. The molecule has 0 aliphatic rings. The van der Waals surface area contributed by atoms with Gasteiger partial charge >= 0.3 is 0 Å². The molecule has 3 aromatic rings. The van der Waals surface area contributed by atoms with Crippen molar-refractivity contribution in [1.82, 2.24) is 9.97 Å². The number of nitrogens with one attached hydrogen (secondary N) is 1. The maximum Gasteiger partial charge on any atom is 0.213 e. The first kappa shape index (κ1) is 12.7. The van der Waals surface area contributed by atoms with Gasteiger partial charge in [0.2, 0.25) is 5.89 Å².